The number of aromatic nitrogens is 4. The number of carbonyl (C=O) groups is 1. The molecule has 1 N–H and O–H groups in total. The fourth-order valence-corrected chi connectivity index (χ4v) is 3.08. The Balaban J connectivity index is 1.98. The highest BCUT2D eigenvalue weighted by Crippen LogP contribution is 2.23. The van der Waals surface area contributed by atoms with Crippen LogP contribution in [0.3, 0.4) is 0 Å². The zero-order chi connectivity index (χ0) is 18.8. The van der Waals surface area contributed by atoms with Crippen LogP contribution in [0.15, 0.2) is 30.6 Å². The number of amides is 1. The smallest absolute Gasteiger partial charge is 0.252 e. The molecule has 0 fully saturated rings. The molecule has 0 saturated carbocycles. The van der Waals surface area contributed by atoms with E-state index in [4.69, 9.17) is 0 Å². The minimum Gasteiger partial charge on any atom is -0.342 e. The number of halogens is 1. The first-order valence-corrected chi connectivity index (χ1v) is 8.57. The van der Waals surface area contributed by atoms with E-state index in [1.165, 1.54) is 18.5 Å². The maximum absolute atomic E-state index is 13.5. The van der Waals surface area contributed by atoms with Crippen molar-refractivity contribution in [3.05, 3.63) is 53.5 Å². The molecule has 2 heterocycles. The van der Waals surface area contributed by atoms with Gasteiger partial charge in [-0.15, -0.1) is 0 Å². The highest BCUT2D eigenvalue weighted by Gasteiger charge is 2.22. The molecule has 1 amide bonds. The van der Waals surface area contributed by atoms with Gasteiger partial charge in [0.05, 0.1) is 17.1 Å². The second kappa shape index (κ2) is 7.19. The molecule has 0 radical (unpaired) electrons. The van der Waals surface area contributed by atoms with E-state index in [1.807, 2.05) is 0 Å². The van der Waals surface area contributed by atoms with Gasteiger partial charge in [0.2, 0.25) is 0 Å². The number of hydrogen-bond acceptors (Lipinski definition) is 4. The first-order chi connectivity index (χ1) is 12.3. The number of carbonyl (C=O) groups excluding carboxylic acids is 1. The summed E-state index contributed by atoms with van der Waals surface area (Å²) in [5.41, 5.74) is 1.60. The lowest BCUT2D eigenvalue weighted by atomic mass is 10.0. The van der Waals surface area contributed by atoms with Gasteiger partial charge in [0.25, 0.3) is 5.91 Å². The van der Waals surface area contributed by atoms with Crippen molar-refractivity contribution in [1.82, 2.24) is 25.1 Å². The van der Waals surface area contributed by atoms with E-state index in [0.29, 0.717) is 33.9 Å². The van der Waals surface area contributed by atoms with E-state index in [2.05, 4.69) is 34.2 Å². The van der Waals surface area contributed by atoms with Crippen LogP contribution in [-0.4, -0.2) is 25.7 Å². The van der Waals surface area contributed by atoms with Crippen LogP contribution in [0.1, 0.15) is 48.2 Å². The van der Waals surface area contributed by atoms with Crippen molar-refractivity contribution in [3.8, 4) is 0 Å². The Morgan fingerprint density at radius 1 is 1.31 bits per heavy atom. The summed E-state index contributed by atoms with van der Waals surface area (Å²) >= 11 is 0. The Morgan fingerprint density at radius 3 is 2.73 bits per heavy atom. The van der Waals surface area contributed by atoms with Gasteiger partial charge in [-0.05, 0) is 37.5 Å². The first-order valence-electron chi connectivity index (χ1n) is 8.57. The normalized spacial score (nSPS) is 12.5. The highest BCUT2D eigenvalue weighted by atomic mass is 19.1. The van der Waals surface area contributed by atoms with Crippen molar-refractivity contribution in [2.24, 2.45) is 13.0 Å². The predicted octanol–water partition coefficient (Wildman–Crippen LogP) is 3.33. The molecular formula is C19H22FN5O. The third kappa shape index (κ3) is 3.71. The second-order valence-electron chi connectivity index (χ2n) is 6.87. The minimum atomic E-state index is -0.376. The lowest BCUT2D eigenvalue weighted by Gasteiger charge is -2.20. The zero-order valence-corrected chi connectivity index (χ0v) is 15.3. The summed E-state index contributed by atoms with van der Waals surface area (Å²) in [5.74, 6) is 0.453. The Labute approximate surface area is 151 Å². The molecule has 1 aromatic carbocycles. The summed E-state index contributed by atoms with van der Waals surface area (Å²) in [6.45, 7) is 5.96. The zero-order valence-electron chi connectivity index (χ0n) is 15.3. The Morgan fingerprint density at radius 2 is 2.08 bits per heavy atom. The van der Waals surface area contributed by atoms with Gasteiger partial charge in [-0.2, -0.15) is 5.10 Å². The van der Waals surface area contributed by atoms with Crippen LogP contribution >= 0.6 is 0 Å². The summed E-state index contributed by atoms with van der Waals surface area (Å²) in [6.07, 6.45) is 2.21. The quantitative estimate of drug-likeness (QED) is 0.762. The van der Waals surface area contributed by atoms with Crippen molar-refractivity contribution >= 4 is 16.8 Å². The molecule has 0 aliphatic rings. The van der Waals surface area contributed by atoms with Crippen molar-refractivity contribution < 1.29 is 9.18 Å². The molecule has 136 valence electrons. The van der Waals surface area contributed by atoms with Crippen LogP contribution in [0.5, 0.6) is 0 Å². The van der Waals surface area contributed by atoms with E-state index in [-0.39, 0.29) is 17.8 Å². The molecule has 26 heavy (non-hydrogen) atoms. The lowest BCUT2D eigenvalue weighted by molar-refractivity contribution is 0.0930. The summed E-state index contributed by atoms with van der Waals surface area (Å²) < 4.78 is 15.2. The van der Waals surface area contributed by atoms with Crippen molar-refractivity contribution in [2.45, 2.75) is 33.2 Å². The van der Waals surface area contributed by atoms with Crippen LogP contribution in [0.4, 0.5) is 4.39 Å². The van der Waals surface area contributed by atoms with Crippen LogP contribution in [0.2, 0.25) is 0 Å². The van der Waals surface area contributed by atoms with E-state index in [9.17, 15) is 9.18 Å². The van der Waals surface area contributed by atoms with Gasteiger partial charge in [0.1, 0.15) is 18.0 Å². The molecule has 0 aliphatic carbocycles. The molecule has 0 bridgehead atoms. The minimum absolute atomic E-state index is 0.235. The molecule has 0 unspecified atom stereocenters. The van der Waals surface area contributed by atoms with Crippen LogP contribution < -0.4 is 5.32 Å². The molecule has 0 spiro atoms. The number of benzene rings is 1. The average molecular weight is 355 g/mol. The van der Waals surface area contributed by atoms with Gasteiger partial charge >= 0.3 is 0 Å². The van der Waals surface area contributed by atoms with Crippen LogP contribution in [-0.2, 0) is 7.05 Å². The SMILES string of the molecule is Cc1cc(C(=O)N[C@@H](CC(C)C)c2ncnn2C)c2ccc(F)cc2n1. The third-order valence-corrected chi connectivity index (χ3v) is 4.22. The van der Waals surface area contributed by atoms with Crippen LogP contribution in [0, 0.1) is 18.7 Å². The third-order valence-electron chi connectivity index (χ3n) is 4.22. The highest BCUT2D eigenvalue weighted by molar-refractivity contribution is 6.06. The van der Waals surface area contributed by atoms with Crippen molar-refractivity contribution in [1.29, 1.82) is 0 Å². The molecule has 3 aromatic rings. The Bertz CT molecular complexity index is 945. The second-order valence-corrected chi connectivity index (χ2v) is 6.87. The monoisotopic (exact) mass is 355 g/mol. The number of aryl methyl sites for hydroxylation is 2. The molecule has 0 aliphatic heterocycles. The molecular weight excluding hydrogens is 333 g/mol. The van der Waals surface area contributed by atoms with E-state index < -0.39 is 0 Å². The molecule has 7 heteroatoms. The van der Waals surface area contributed by atoms with Gasteiger partial charge in [0, 0.05) is 24.2 Å². The van der Waals surface area contributed by atoms with Gasteiger partial charge < -0.3 is 5.32 Å². The summed E-state index contributed by atoms with van der Waals surface area (Å²) in [5, 5.41) is 7.78. The van der Waals surface area contributed by atoms with Crippen molar-refractivity contribution in [3.63, 3.8) is 0 Å². The topological polar surface area (TPSA) is 72.7 Å². The van der Waals surface area contributed by atoms with Gasteiger partial charge in [-0.1, -0.05) is 13.8 Å². The van der Waals surface area contributed by atoms with Crippen molar-refractivity contribution in [2.75, 3.05) is 0 Å². The van der Waals surface area contributed by atoms with E-state index in [0.717, 1.165) is 6.42 Å². The fraction of sp³-hybridized carbons (Fsp3) is 0.368. The number of fused-ring (bicyclic) bond motifs is 1. The molecule has 6 nitrogen and oxygen atoms in total. The maximum atomic E-state index is 13.5. The Hall–Kier alpha value is -2.83. The summed E-state index contributed by atoms with van der Waals surface area (Å²) in [7, 11) is 1.80. The average Bonchev–Trinajstić information content (AvgIpc) is 2.98. The van der Waals surface area contributed by atoms with E-state index in [1.54, 1.807) is 30.8 Å². The summed E-state index contributed by atoms with van der Waals surface area (Å²) in [6, 6.07) is 5.72. The maximum Gasteiger partial charge on any atom is 0.252 e. The largest absolute Gasteiger partial charge is 0.342 e. The first kappa shape index (κ1) is 18.0. The lowest BCUT2D eigenvalue weighted by Crippen LogP contribution is -2.31. The predicted molar refractivity (Wildman–Crippen MR) is 97.1 cm³/mol. The van der Waals surface area contributed by atoms with Gasteiger partial charge in [-0.25, -0.2) is 9.37 Å². The summed E-state index contributed by atoms with van der Waals surface area (Å²) in [4.78, 5) is 21.6. The number of hydrogen-bond donors (Lipinski definition) is 1. The number of pyridine rings is 1. The van der Waals surface area contributed by atoms with Gasteiger partial charge in [-0.3, -0.25) is 14.5 Å². The number of nitrogens with zero attached hydrogens (tertiary/aromatic N) is 4. The van der Waals surface area contributed by atoms with Crippen LogP contribution in [0.25, 0.3) is 10.9 Å². The molecule has 2 aromatic heterocycles. The number of nitrogens with one attached hydrogen (secondary N) is 1. The fourth-order valence-electron chi connectivity index (χ4n) is 3.08. The van der Waals surface area contributed by atoms with E-state index >= 15 is 0 Å². The standard InChI is InChI=1S/C19H22FN5O/c1-11(2)7-17(18-21-10-22-25(18)4)24-19(26)15-8-12(3)23-16-9-13(20)5-6-14(15)16/h5-6,8-11,17H,7H2,1-4H3,(H,24,26)/t17-/m0/s1. The molecule has 3 rings (SSSR count). The van der Waals surface area contributed by atoms with Gasteiger partial charge in [0.15, 0.2) is 0 Å². The Kier molecular flexibility index (Phi) is 4.97. The number of rotatable bonds is 5. The molecule has 0 saturated heterocycles. The molecule has 1 atom stereocenters.